The summed E-state index contributed by atoms with van der Waals surface area (Å²) in [7, 11) is 0. The fourth-order valence-corrected chi connectivity index (χ4v) is 2.94. The van der Waals surface area contributed by atoms with E-state index < -0.39 is 0 Å². The van der Waals surface area contributed by atoms with Gasteiger partial charge in [-0.15, -0.1) is 0 Å². The van der Waals surface area contributed by atoms with E-state index in [1.54, 1.807) is 0 Å². The van der Waals surface area contributed by atoms with Crippen LogP contribution in [0.15, 0.2) is 30.3 Å². The first-order valence-electron chi connectivity index (χ1n) is 7.39. The van der Waals surface area contributed by atoms with Gasteiger partial charge in [-0.25, -0.2) is 0 Å². The Morgan fingerprint density at radius 1 is 1.00 bits per heavy atom. The second kappa shape index (κ2) is 7.88. The summed E-state index contributed by atoms with van der Waals surface area (Å²) in [4.78, 5) is 2.63. The third-order valence-electron chi connectivity index (χ3n) is 4.68. The Labute approximate surface area is 124 Å². The van der Waals surface area contributed by atoms with Crippen molar-refractivity contribution in [3.8, 4) is 0 Å². The van der Waals surface area contributed by atoms with Gasteiger partial charge < -0.3 is 16.9 Å². The van der Waals surface area contributed by atoms with Gasteiger partial charge in [0.2, 0.25) is 0 Å². The van der Waals surface area contributed by atoms with Crippen LogP contribution in [0.3, 0.4) is 0 Å². The summed E-state index contributed by atoms with van der Waals surface area (Å²) in [6.45, 7) is 13.7. The Morgan fingerprint density at radius 3 is 2.11 bits per heavy atom. The van der Waals surface area contributed by atoms with Crippen molar-refractivity contribution >= 4 is 0 Å². The minimum Gasteiger partial charge on any atom is -1.00 e. The molecule has 108 valence electrons. The van der Waals surface area contributed by atoms with Gasteiger partial charge in [-0.1, -0.05) is 30.3 Å². The van der Waals surface area contributed by atoms with Gasteiger partial charge in [-0.3, -0.25) is 4.90 Å². The maximum Gasteiger partial charge on any atom is 0.0916 e. The van der Waals surface area contributed by atoms with Gasteiger partial charge in [0.15, 0.2) is 0 Å². The zero-order chi connectivity index (χ0) is 12.8. The van der Waals surface area contributed by atoms with Crippen molar-refractivity contribution in [1.82, 2.24) is 4.90 Å². The summed E-state index contributed by atoms with van der Waals surface area (Å²) in [5.74, 6) is 0. The molecule has 0 atom stereocenters. The Balaban J connectivity index is 0.00000180. The lowest BCUT2D eigenvalue weighted by molar-refractivity contribution is -0.928. The molecule has 1 saturated heterocycles. The molecule has 1 aromatic carbocycles. The van der Waals surface area contributed by atoms with Crippen molar-refractivity contribution in [3.05, 3.63) is 35.9 Å². The van der Waals surface area contributed by atoms with E-state index in [0.717, 1.165) is 0 Å². The van der Waals surface area contributed by atoms with Gasteiger partial charge in [0.05, 0.1) is 26.2 Å². The molecule has 1 heterocycles. The zero-order valence-electron chi connectivity index (χ0n) is 12.3. The number of likely N-dealkylation sites (N-methyl/N-ethyl adjacent to an activating group) is 1. The second-order valence-electron chi connectivity index (χ2n) is 5.50. The predicted molar refractivity (Wildman–Crippen MR) is 77.7 cm³/mol. The molecule has 3 heteroatoms. The van der Waals surface area contributed by atoms with Crippen LogP contribution in [-0.4, -0.2) is 55.2 Å². The van der Waals surface area contributed by atoms with E-state index in [4.69, 9.17) is 0 Å². The molecule has 1 aliphatic heterocycles. The Hall–Kier alpha value is -0.570. The average molecular weight is 283 g/mol. The van der Waals surface area contributed by atoms with Crippen molar-refractivity contribution in [3.63, 3.8) is 0 Å². The van der Waals surface area contributed by atoms with Crippen LogP contribution < -0.4 is 12.4 Å². The molecular formula is C16H27ClN2. The van der Waals surface area contributed by atoms with Gasteiger partial charge in [0, 0.05) is 19.6 Å². The van der Waals surface area contributed by atoms with Crippen LogP contribution in [-0.2, 0) is 6.42 Å². The van der Waals surface area contributed by atoms with Crippen LogP contribution in [0.5, 0.6) is 0 Å². The highest BCUT2D eigenvalue weighted by atomic mass is 35.5. The number of piperazine rings is 1. The van der Waals surface area contributed by atoms with Crippen LogP contribution in [0.4, 0.5) is 0 Å². The molecule has 2 rings (SSSR count). The molecule has 1 aliphatic rings. The number of hydrogen-bond donors (Lipinski definition) is 0. The molecule has 0 saturated carbocycles. The number of benzene rings is 1. The maximum absolute atomic E-state index is 2.63. The first kappa shape index (κ1) is 16.5. The highest BCUT2D eigenvalue weighted by Gasteiger charge is 2.29. The summed E-state index contributed by atoms with van der Waals surface area (Å²) >= 11 is 0. The van der Waals surface area contributed by atoms with E-state index >= 15 is 0 Å². The van der Waals surface area contributed by atoms with Crippen molar-refractivity contribution < 1.29 is 16.9 Å². The van der Waals surface area contributed by atoms with Crippen LogP contribution in [0.1, 0.15) is 19.4 Å². The summed E-state index contributed by atoms with van der Waals surface area (Å²) in [5, 5.41) is 0. The predicted octanol–water partition coefficient (Wildman–Crippen LogP) is -0.595. The monoisotopic (exact) mass is 282 g/mol. The molecule has 1 fully saturated rings. The molecule has 2 nitrogen and oxygen atoms in total. The van der Waals surface area contributed by atoms with Gasteiger partial charge >= 0.3 is 0 Å². The normalized spacial score (nSPS) is 18.8. The first-order valence-corrected chi connectivity index (χ1v) is 7.39. The third kappa shape index (κ3) is 4.48. The second-order valence-corrected chi connectivity index (χ2v) is 5.50. The van der Waals surface area contributed by atoms with Gasteiger partial charge in [0.25, 0.3) is 0 Å². The lowest BCUT2D eigenvalue weighted by Gasteiger charge is -2.43. The molecule has 0 radical (unpaired) electrons. The van der Waals surface area contributed by atoms with E-state index in [9.17, 15) is 0 Å². The van der Waals surface area contributed by atoms with Crippen LogP contribution in [0.25, 0.3) is 0 Å². The van der Waals surface area contributed by atoms with Crippen molar-refractivity contribution in [2.24, 2.45) is 0 Å². The quantitative estimate of drug-likeness (QED) is 0.653. The summed E-state index contributed by atoms with van der Waals surface area (Å²) in [6.07, 6.45) is 1.19. The maximum atomic E-state index is 2.63. The van der Waals surface area contributed by atoms with E-state index in [1.165, 1.54) is 62.3 Å². The fourth-order valence-electron chi connectivity index (χ4n) is 2.94. The molecule has 19 heavy (non-hydrogen) atoms. The number of nitrogens with zero attached hydrogens (tertiary/aromatic N) is 2. The van der Waals surface area contributed by atoms with Gasteiger partial charge in [-0.05, 0) is 25.8 Å². The van der Waals surface area contributed by atoms with Crippen LogP contribution in [0.2, 0.25) is 0 Å². The number of halogens is 1. The standard InChI is InChI=1S/C16H27N2.ClH/c1-3-18(4-2)14-12-17(13-15-18)11-10-16-8-6-5-7-9-16;/h5-9H,3-4,10-15H2,1-2H3;1H/q+1;/p-1. The lowest BCUT2D eigenvalue weighted by atomic mass is 10.1. The largest absolute Gasteiger partial charge is 1.00 e. The summed E-state index contributed by atoms with van der Waals surface area (Å²) in [5.41, 5.74) is 1.47. The van der Waals surface area contributed by atoms with Gasteiger partial charge in [0.1, 0.15) is 0 Å². The molecule has 0 aromatic heterocycles. The van der Waals surface area contributed by atoms with Crippen molar-refractivity contribution in [1.29, 1.82) is 0 Å². The van der Waals surface area contributed by atoms with Crippen LogP contribution in [0, 0.1) is 0 Å². The molecule has 0 unspecified atom stereocenters. The van der Waals surface area contributed by atoms with E-state index in [1.807, 2.05) is 0 Å². The Morgan fingerprint density at radius 2 is 1.58 bits per heavy atom. The topological polar surface area (TPSA) is 3.24 Å². The molecule has 0 N–H and O–H groups in total. The molecule has 0 amide bonds. The lowest BCUT2D eigenvalue weighted by Crippen LogP contribution is -3.00. The smallest absolute Gasteiger partial charge is 0.0916 e. The first-order chi connectivity index (χ1) is 8.78. The van der Waals surface area contributed by atoms with E-state index in [2.05, 4.69) is 49.1 Å². The highest BCUT2D eigenvalue weighted by Crippen LogP contribution is 2.13. The van der Waals surface area contributed by atoms with Crippen molar-refractivity contribution in [2.75, 3.05) is 45.8 Å². The number of quaternary nitrogens is 1. The van der Waals surface area contributed by atoms with E-state index in [-0.39, 0.29) is 12.4 Å². The summed E-state index contributed by atoms with van der Waals surface area (Å²) in [6, 6.07) is 10.9. The Kier molecular flexibility index (Phi) is 6.84. The highest BCUT2D eigenvalue weighted by molar-refractivity contribution is 5.14. The molecule has 0 spiro atoms. The third-order valence-corrected chi connectivity index (χ3v) is 4.68. The molecule has 0 bridgehead atoms. The fraction of sp³-hybridized carbons (Fsp3) is 0.625. The molecule has 1 aromatic rings. The number of hydrogen-bond acceptors (Lipinski definition) is 1. The van der Waals surface area contributed by atoms with Crippen LogP contribution >= 0.6 is 0 Å². The molecule has 0 aliphatic carbocycles. The minimum absolute atomic E-state index is 0. The zero-order valence-corrected chi connectivity index (χ0v) is 13.1. The average Bonchev–Trinajstić information content (AvgIpc) is 2.47. The molecular weight excluding hydrogens is 256 g/mol. The summed E-state index contributed by atoms with van der Waals surface area (Å²) < 4.78 is 1.32. The number of rotatable bonds is 5. The Bertz CT molecular complexity index is 339. The van der Waals surface area contributed by atoms with Crippen molar-refractivity contribution in [2.45, 2.75) is 20.3 Å². The minimum atomic E-state index is 0. The van der Waals surface area contributed by atoms with E-state index in [0.29, 0.717) is 0 Å². The SMILES string of the molecule is CC[N+]1(CC)CCN(CCc2ccccc2)CC1.[Cl-]. The van der Waals surface area contributed by atoms with Gasteiger partial charge in [-0.2, -0.15) is 0 Å².